The number of nitrogens with two attached hydrogens (primary N) is 1. The van der Waals surface area contributed by atoms with Crippen LogP contribution in [-0.4, -0.2) is 5.16 Å². The first-order chi connectivity index (χ1) is 9.65. The van der Waals surface area contributed by atoms with E-state index in [0.29, 0.717) is 10.9 Å². The largest absolute Gasteiger partial charge is 0.367 e. The zero-order valence-corrected chi connectivity index (χ0v) is 11.7. The summed E-state index contributed by atoms with van der Waals surface area (Å²) < 4.78 is 5.17. The van der Waals surface area contributed by atoms with Crippen LogP contribution in [0.25, 0.3) is 22.4 Å². The molecular formula is C16H13ClN2O. The lowest BCUT2D eigenvalue weighted by atomic mass is 10.00. The van der Waals surface area contributed by atoms with Crippen molar-refractivity contribution >= 4 is 17.5 Å². The molecule has 0 bridgehead atoms. The monoisotopic (exact) mass is 284 g/mol. The molecule has 0 radical (unpaired) electrons. The SMILES string of the molecule is Cc1cccc(-c2noc(N)c2-c2ccc(Cl)cc2)c1. The zero-order chi connectivity index (χ0) is 14.1. The van der Waals surface area contributed by atoms with Crippen molar-refractivity contribution in [1.82, 2.24) is 5.16 Å². The Morgan fingerprint density at radius 3 is 2.50 bits per heavy atom. The Bertz CT molecular complexity index is 747. The summed E-state index contributed by atoms with van der Waals surface area (Å²) in [5.74, 6) is 0.309. The Balaban J connectivity index is 2.17. The maximum Gasteiger partial charge on any atom is 0.230 e. The Morgan fingerprint density at radius 1 is 1.05 bits per heavy atom. The molecule has 0 unspecified atom stereocenters. The van der Waals surface area contributed by atoms with Crippen molar-refractivity contribution in [3.63, 3.8) is 0 Å². The molecule has 0 aliphatic carbocycles. The van der Waals surface area contributed by atoms with Gasteiger partial charge in [-0.1, -0.05) is 52.7 Å². The highest BCUT2D eigenvalue weighted by Gasteiger charge is 2.17. The van der Waals surface area contributed by atoms with Crippen molar-refractivity contribution in [2.75, 3.05) is 5.73 Å². The van der Waals surface area contributed by atoms with E-state index in [1.165, 1.54) is 0 Å². The van der Waals surface area contributed by atoms with Gasteiger partial charge in [0.05, 0.1) is 5.56 Å². The van der Waals surface area contributed by atoms with E-state index in [2.05, 4.69) is 11.2 Å². The first-order valence-corrected chi connectivity index (χ1v) is 6.61. The summed E-state index contributed by atoms with van der Waals surface area (Å²) in [4.78, 5) is 0. The fourth-order valence-electron chi connectivity index (χ4n) is 2.19. The summed E-state index contributed by atoms with van der Waals surface area (Å²) in [6.45, 7) is 2.04. The molecule has 20 heavy (non-hydrogen) atoms. The lowest BCUT2D eigenvalue weighted by molar-refractivity contribution is 0.439. The number of rotatable bonds is 2. The molecule has 2 N–H and O–H groups in total. The average molecular weight is 285 g/mol. The fourth-order valence-corrected chi connectivity index (χ4v) is 2.31. The minimum absolute atomic E-state index is 0.309. The third-order valence-corrected chi connectivity index (χ3v) is 3.39. The van der Waals surface area contributed by atoms with Crippen molar-refractivity contribution < 1.29 is 4.52 Å². The van der Waals surface area contributed by atoms with Gasteiger partial charge in [-0.3, -0.25) is 0 Å². The summed E-state index contributed by atoms with van der Waals surface area (Å²) in [6.07, 6.45) is 0. The maximum absolute atomic E-state index is 5.92. The number of hydrogen-bond acceptors (Lipinski definition) is 3. The molecular weight excluding hydrogens is 272 g/mol. The quantitative estimate of drug-likeness (QED) is 0.751. The molecule has 100 valence electrons. The maximum atomic E-state index is 5.92. The Labute approximate surface area is 122 Å². The molecule has 3 nitrogen and oxygen atoms in total. The Kier molecular flexibility index (Phi) is 3.20. The predicted octanol–water partition coefficient (Wildman–Crippen LogP) is 4.55. The summed E-state index contributed by atoms with van der Waals surface area (Å²) in [5.41, 5.74) is 10.5. The number of benzene rings is 2. The van der Waals surface area contributed by atoms with Gasteiger partial charge in [-0.05, 0) is 30.7 Å². The molecule has 2 aromatic carbocycles. The molecule has 0 spiro atoms. The molecule has 1 heterocycles. The van der Waals surface area contributed by atoms with Gasteiger partial charge in [0.2, 0.25) is 5.88 Å². The second-order valence-corrected chi connectivity index (χ2v) is 5.08. The second-order valence-electron chi connectivity index (χ2n) is 4.65. The molecule has 3 rings (SSSR count). The number of halogens is 1. The molecule has 4 heteroatoms. The first kappa shape index (κ1) is 12.8. The van der Waals surface area contributed by atoms with Gasteiger partial charge >= 0.3 is 0 Å². The van der Waals surface area contributed by atoms with Crippen LogP contribution in [0, 0.1) is 6.92 Å². The van der Waals surface area contributed by atoms with Crippen molar-refractivity contribution in [2.45, 2.75) is 6.92 Å². The molecule has 3 aromatic rings. The highest BCUT2D eigenvalue weighted by molar-refractivity contribution is 6.30. The third-order valence-electron chi connectivity index (χ3n) is 3.14. The molecule has 0 amide bonds. The van der Waals surface area contributed by atoms with Gasteiger partial charge in [0.25, 0.3) is 0 Å². The average Bonchev–Trinajstić information content (AvgIpc) is 2.82. The van der Waals surface area contributed by atoms with Gasteiger partial charge in [0, 0.05) is 10.6 Å². The molecule has 0 aliphatic heterocycles. The number of aryl methyl sites for hydroxylation is 1. The van der Waals surface area contributed by atoms with E-state index in [1.54, 1.807) is 0 Å². The number of aromatic nitrogens is 1. The highest BCUT2D eigenvalue weighted by Crippen LogP contribution is 2.36. The van der Waals surface area contributed by atoms with Crippen molar-refractivity contribution in [1.29, 1.82) is 0 Å². The van der Waals surface area contributed by atoms with E-state index in [9.17, 15) is 0 Å². The molecule has 0 saturated heterocycles. The van der Waals surface area contributed by atoms with Gasteiger partial charge in [0.1, 0.15) is 5.69 Å². The Hall–Kier alpha value is -2.26. The van der Waals surface area contributed by atoms with E-state index >= 15 is 0 Å². The van der Waals surface area contributed by atoms with Crippen molar-refractivity contribution in [3.8, 4) is 22.4 Å². The normalized spacial score (nSPS) is 10.7. The molecule has 0 atom stereocenters. The van der Waals surface area contributed by atoms with Gasteiger partial charge in [-0.25, -0.2) is 0 Å². The highest BCUT2D eigenvalue weighted by atomic mass is 35.5. The van der Waals surface area contributed by atoms with Crippen LogP contribution in [0.4, 0.5) is 5.88 Å². The molecule has 0 saturated carbocycles. The number of nitrogens with zero attached hydrogens (tertiary/aromatic N) is 1. The first-order valence-electron chi connectivity index (χ1n) is 6.23. The topological polar surface area (TPSA) is 52.0 Å². The standard InChI is InChI=1S/C16H13ClN2O/c1-10-3-2-4-12(9-10)15-14(16(18)20-19-15)11-5-7-13(17)8-6-11/h2-9H,18H2,1H3. The van der Waals surface area contributed by atoms with Gasteiger partial charge in [0.15, 0.2) is 0 Å². The van der Waals surface area contributed by atoms with Crippen LogP contribution in [-0.2, 0) is 0 Å². The van der Waals surface area contributed by atoms with Crippen LogP contribution >= 0.6 is 11.6 Å². The minimum Gasteiger partial charge on any atom is -0.367 e. The number of anilines is 1. The molecule has 0 fully saturated rings. The van der Waals surface area contributed by atoms with E-state index in [1.807, 2.05) is 49.4 Å². The summed E-state index contributed by atoms with van der Waals surface area (Å²) in [7, 11) is 0. The molecule has 1 aromatic heterocycles. The van der Waals surface area contributed by atoms with Crippen LogP contribution in [0.15, 0.2) is 53.1 Å². The van der Waals surface area contributed by atoms with Crippen molar-refractivity contribution in [2.24, 2.45) is 0 Å². The van der Waals surface area contributed by atoms with Crippen LogP contribution in [0.1, 0.15) is 5.56 Å². The van der Waals surface area contributed by atoms with Crippen LogP contribution < -0.4 is 5.73 Å². The van der Waals surface area contributed by atoms with Gasteiger partial charge < -0.3 is 10.3 Å². The van der Waals surface area contributed by atoms with E-state index in [4.69, 9.17) is 21.9 Å². The minimum atomic E-state index is 0.309. The summed E-state index contributed by atoms with van der Waals surface area (Å²) >= 11 is 5.92. The Morgan fingerprint density at radius 2 is 1.80 bits per heavy atom. The second kappa shape index (κ2) is 5.02. The fraction of sp³-hybridized carbons (Fsp3) is 0.0625. The number of hydrogen-bond donors (Lipinski definition) is 1. The van der Waals surface area contributed by atoms with Crippen LogP contribution in [0.2, 0.25) is 5.02 Å². The van der Waals surface area contributed by atoms with Gasteiger partial charge in [-0.2, -0.15) is 0 Å². The van der Waals surface area contributed by atoms with E-state index < -0.39 is 0 Å². The van der Waals surface area contributed by atoms with Crippen molar-refractivity contribution in [3.05, 3.63) is 59.1 Å². The smallest absolute Gasteiger partial charge is 0.230 e. The molecule has 0 aliphatic rings. The predicted molar refractivity (Wildman–Crippen MR) is 81.5 cm³/mol. The lowest BCUT2D eigenvalue weighted by Crippen LogP contribution is -1.88. The van der Waals surface area contributed by atoms with Gasteiger partial charge in [-0.15, -0.1) is 0 Å². The van der Waals surface area contributed by atoms with Crippen LogP contribution in [0.3, 0.4) is 0 Å². The van der Waals surface area contributed by atoms with E-state index in [-0.39, 0.29) is 0 Å². The zero-order valence-electron chi connectivity index (χ0n) is 10.9. The third kappa shape index (κ3) is 2.28. The van der Waals surface area contributed by atoms with Crippen LogP contribution in [0.5, 0.6) is 0 Å². The summed E-state index contributed by atoms with van der Waals surface area (Å²) in [6, 6.07) is 15.5. The number of nitrogen functional groups attached to an aromatic ring is 1. The van der Waals surface area contributed by atoms with E-state index in [0.717, 1.165) is 27.9 Å². The summed E-state index contributed by atoms with van der Waals surface area (Å²) in [5, 5.41) is 4.77. The lowest BCUT2D eigenvalue weighted by Gasteiger charge is -2.04.